The van der Waals surface area contributed by atoms with E-state index in [1.54, 1.807) is 4.90 Å². The first-order chi connectivity index (χ1) is 11.9. The Labute approximate surface area is 148 Å². The van der Waals surface area contributed by atoms with Crippen molar-refractivity contribution in [2.45, 2.75) is 26.2 Å². The van der Waals surface area contributed by atoms with E-state index in [1.165, 1.54) is 17.4 Å². The number of nitrogens with zero attached hydrogens (tertiary/aromatic N) is 2. The SMILES string of the molecule is Cc1nc(CC(=O)N2CCC(C(=O)c3ccc(F)c(F)c3)CC2)cs1. The number of carbonyl (C=O) groups is 2. The number of likely N-dealkylation sites (tertiary alicyclic amines) is 1. The monoisotopic (exact) mass is 364 g/mol. The minimum atomic E-state index is -1.02. The van der Waals surface area contributed by atoms with Crippen LogP contribution in [0.3, 0.4) is 0 Å². The third-order valence-corrected chi connectivity index (χ3v) is 5.24. The van der Waals surface area contributed by atoms with E-state index in [0.717, 1.165) is 22.8 Å². The Morgan fingerprint density at radius 3 is 2.56 bits per heavy atom. The van der Waals surface area contributed by atoms with Gasteiger partial charge in [0.05, 0.1) is 17.1 Å². The molecule has 1 aliphatic rings. The molecule has 0 spiro atoms. The van der Waals surface area contributed by atoms with Gasteiger partial charge in [0.1, 0.15) is 0 Å². The second-order valence-corrected chi connectivity index (χ2v) is 7.25. The standard InChI is InChI=1S/C18H18F2N2O2S/c1-11-21-14(10-25-11)9-17(23)22-6-4-12(5-7-22)18(24)13-2-3-15(19)16(20)8-13/h2-3,8,10,12H,4-7,9H2,1H3. The van der Waals surface area contributed by atoms with Gasteiger partial charge in [0, 0.05) is 30.0 Å². The molecule has 25 heavy (non-hydrogen) atoms. The smallest absolute Gasteiger partial charge is 0.228 e. The molecule has 0 unspecified atom stereocenters. The molecule has 4 nitrogen and oxygen atoms in total. The molecule has 1 fully saturated rings. The topological polar surface area (TPSA) is 50.3 Å². The van der Waals surface area contributed by atoms with Gasteiger partial charge in [-0.3, -0.25) is 9.59 Å². The Morgan fingerprint density at radius 1 is 1.24 bits per heavy atom. The van der Waals surface area contributed by atoms with Gasteiger partial charge >= 0.3 is 0 Å². The zero-order valence-electron chi connectivity index (χ0n) is 13.8. The van der Waals surface area contributed by atoms with Crippen LogP contribution >= 0.6 is 11.3 Å². The average molecular weight is 364 g/mol. The van der Waals surface area contributed by atoms with Gasteiger partial charge < -0.3 is 4.90 Å². The Bertz CT molecular complexity index is 798. The summed E-state index contributed by atoms with van der Waals surface area (Å²) in [6, 6.07) is 3.22. The molecule has 0 radical (unpaired) electrons. The number of hydrogen-bond donors (Lipinski definition) is 0. The number of rotatable bonds is 4. The summed E-state index contributed by atoms with van der Waals surface area (Å²) in [6.07, 6.45) is 1.32. The van der Waals surface area contributed by atoms with Crippen LogP contribution in [0.25, 0.3) is 0 Å². The maximum atomic E-state index is 13.3. The summed E-state index contributed by atoms with van der Waals surface area (Å²) in [4.78, 5) is 30.8. The quantitative estimate of drug-likeness (QED) is 0.782. The first kappa shape index (κ1) is 17.7. The lowest BCUT2D eigenvalue weighted by molar-refractivity contribution is -0.131. The van der Waals surface area contributed by atoms with Crippen LogP contribution < -0.4 is 0 Å². The maximum absolute atomic E-state index is 13.3. The summed E-state index contributed by atoms with van der Waals surface area (Å²) >= 11 is 1.51. The predicted molar refractivity (Wildman–Crippen MR) is 90.5 cm³/mol. The number of benzene rings is 1. The summed E-state index contributed by atoms with van der Waals surface area (Å²) in [5.74, 6) is -2.44. The van der Waals surface area contributed by atoms with Crippen LogP contribution in [0.4, 0.5) is 8.78 Å². The van der Waals surface area contributed by atoms with Gasteiger partial charge in [-0.05, 0) is 38.0 Å². The molecular formula is C18H18F2N2O2S. The number of Topliss-reactive ketones (excluding diaryl/α,β-unsaturated/α-hetero) is 1. The molecule has 0 atom stereocenters. The fourth-order valence-electron chi connectivity index (χ4n) is 3.03. The van der Waals surface area contributed by atoms with E-state index in [4.69, 9.17) is 0 Å². The third kappa shape index (κ3) is 4.10. The van der Waals surface area contributed by atoms with E-state index in [9.17, 15) is 18.4 Å². The number of ketones is 1. The molecule has 2 heterocycles. The summed E-state index contributed by atoms with van der Waals surface area (Å²) in [5, 5.41) is 2.81. The number of halogens is 2. The van der Waals surface area contributed by atoms with Crippen LogP contribution in [0.2, 0.25) is 0 Å². The molecule has 2 aromatic rings. The normalized spacial score (nSPS) is 15.4. The van der Waals surface area contributed by atoms with E-state index in [1.807, 2.05) is 12.3 Å². The van der Waals surface area contributed by atoms with Crippen molar-refractivity contribution in [3.8, 4) is 0 Å². The molecule has 0 N–H and O–H groups in total. The number of carbonyl (C=O) groups excluding carboxylic acids is 2. The number of piperidine rings is 1. The van der Waals surface area contributed by atoms with Crippen LogP contribution in [0.5, 0.6) is 0 Å². The highest BCUT2D eigenvalue weighted by atomic mass is 32.1. The van der Waals surface area contributed by atoms with Crippen molar-refractivity contribution in [2.24, 2.45) is 5.92 Å². The van der Waals surface area contributed by atoms with E-state index in [0.29, 0.717) is 25.9 Å². The molecule has 3 rings (SSSR count). The summed E-state index contributed by atoms with van der Waals surface area (Å²) in [7, 11) is 0. The lowest BCUT2D eigenvalue weighted by Crippen LogP contribution is -2.41. The second kappa shape index (κ2) is 7.39. The highest BCUT2D eigenvalue weighted by molar-refractivity contribution is 7.09. The molecule has 1 amide bonds. The van der Waals surface area contributed by atoms with E-state index >= 15 is 0 Å². The van der Waals surface area contributed by atoms with E-state index in [-0.39, 0.29) is 29.6 Å². The fraction of sp³-hybridized carbons (Fsp3) is 0.389. The minimum absolute atomic E-state index is 0.00373. The van der Waals surface area contributed by atoms with Crippen LogP contribution in [-0.4, -0.2) is 34.7 Å². The van der Waals surface area contributed by atoms with Gasteiger partial charge in [-0.1, -0.05) is 0 Å². The largest absolute Gasteiger partial charge is 0.342 e. The van der Waals surface area contributed by atoms with Gasteiger partial charge in [-0.2, -0.15) is 0 Å². The maximum Gasteiger partial charge on any atom is 0.228 e. The number of aryl methyl sites for hydroxylation is 1. The number of thiazole rings is 1. The van der Waals surface area contributed by atoms with Crippen molar-refractivity contribution >= 4 is 23.0 Å². The molecular weight excluding hydrogens is 346 g/mol. The van der Waals surface area contributed by atoms with Crippen molar-refractivity contribution in [3.05, 3.63) is 51.5 Å². The number of hydrogen-bond acceptors (Lipinski definition) is 4. The second-order valence-electron chi connectivity index (χ2n) is 6.18. The van der Waals surface area contributed by atoms with Crippen molar-refractivity contribution in [1.82, 2.24) is 9.88 Å². The lowest BCUT2D eigenvalue weighted by atomic mass is 9.88. The highest BCUT2D eigenvalue weighted by Gasteiger charge is 2.28. The number of aromatic nitrogens is 1. The Hall–Kier alpha value is -2.15. The molecule has 1 aromatic heterocycles. The van der Waals surface area contributed by atoms with E-state index in [2.05, 4.69) is 4.98 Å². The third-order valence-electron chi connectivity index (χ3n) is 4.42. The molecule has 132 valence electrons. The van der Waals surface area contributed by atoms with Gasteiger partial charge in [-0.25, -0.2) is 13.8 Å². The van der Waals surface area contributed by atoms with Crippen molar-refractivity contribution in [2.75, 3.05) is 13.1 Å². The molecule has 0 aliphatic carbocycles. The van der Waals surface area contributed by atoms with Crippen LogP contribution in [-0.2, 0) is 11.2 Å². The van der Waals surface area contributed by atoms with Gasteiger partial charge in [0.15, 0.2) is 17.4 Å². The summed E-state index contributed by atoms with van der Waals surface area (Å²) in [6.45, 7) is 2.87. The summed E-state index contributed by atoms with van der Waals surface area (Å²) < 4.78 is 26.3. The van der Waals surface area contributed by atoms with Crippen molar-refractivity contribution in [3.63, 3.8) is 0 Å². The van der Waals surface area contributed by atoms with Gasteiger partial charge in [0.2, 0.25) is 5.91 Å². The molecule has 0 bridgehead atoms. The molecule has 1 aliphatic heterocycles. The van der Waals surface area contributed by atoms with Crippen LogP contribution in [0, 0.1) is 24.5 Å². The lowest BCUT2D eigenvalue weighted by Gasteiger charge is -2.31. The molecule has 0 saturated carbocycles. The molecule has 1 saturated heterocycles. The zero-order valence-corrected chi connectivity index (χ0v) is 14.6. The molecule has 1 aromatic carbocycles. The minimum Gasteiger partial charge on any atom is -0.342 e. The van der Waals surface area contributed by atoms with Gasteiger partial charge in [-0.15, -0.1) is 11.3 Å². The Kier molecular flexibility index (Phi) is 5.22. The zero-order chi connectivity index (χ0) is 18.0. The Morgan fingerprint density at radius 2 is 1.96 bits per heavy atom. The van der Waals surface area contributed by atoms with Gasteiger partial charge in [0.25, 0.3) is 0 Å². The first-order valence-corrected chi connectivity index (χ1v) is 9.00. The first-order valence-electron chi connectivity index (χ1n) is 8.12. The fourth-order valence-corrected chi connectivity index (χ4v) is 3.64. The number of amides is 1. The average Bonchev–Trinajstić information content (AvgIpc) is 3.01. The van der Waals surface area contributed by atoms with Crippen LogP contribution in [0.1, 0.15) is 33.9 Å². The van der Waals surface area contributed by atoms with E-state index < -0.39 is 11.6 Å². The highest BCUT2D eigenvalue weighted by Crippen LogP contribution is 2.23. The molecule has 7 heteroatoms. The van der Waals surface area contributed by atoms with Crippen molar-refractivity contribution < 1.29 is 18.4 Å². The van der Waals surface area contributed by atoms with Crippen molar-refractivity contribution in [1.29, 1.82) is 0 Å². The predicted octanol–water partition coefficient (Wildman–Crippen LogP) is 3.39. The Balaban J connectivity index is 1.56. The summed E-state index contributed by atoms with van der Waals surface area (Å²) in [5.41, 5.74) is 0.953. The van der Waals surface area contributed by atoms with Crippen LogP contribution in [0.15, 0.2) is 23.6 Å².